The molecule has 0 saturated carbocycles. The molecule has 3 nitrogen and oxygen atoms in total. The van der Waals surface area contributed by atoms with Gasteiger partial charge in [0.2, 0.25) is 10.0 Å². The van der Waals surface area contributed by atoms with Gasteiger partial charge < -0.3 is 0 Å². The summed E-state index contributed by atoms with van der Waals surface area (Å²) in [5, 5.41) is -0.399. The third-order valence-corrected chi connectivity index (χ3v) is 6.22. The van der Waals surface area contributed by atoms with E-state index < -0.39 is 15.3 Å². The van der Waals surface area contributed by atoms with Crippen molar-refractivity contribution in [2.45, 2.75) is 45.4 Å². The van der Waals surface area contributed by atoms with Crippen LogP contribution in [0.3, 0.4) is 0 Å². The van der Waals surface area contributed by atoms with Gasteiger partial charge in [0, 0.05) is 17.1 Å². The zero-order valence-electron chi connectivity index (χ0n) is 11.9. The third kappa shape index (κ3) is 3.80. The van der Waals surface area contributed by atoms with Crippen molar-refractivity contribution in [2.24, 2.45) is 0 Å². The molecular weight excluding hydrogens is 326 g/mol. The Morgan fingerprint density at radius 2 is 1.79 bits per heavy atom. The number of halogens is 1. The molecule has 1 atom stereocenters. The Balaban J connectivity index is 3.17. The van der Waals surface area contributed by atoms with Crippen molar-refractivity contribution in [3.05, 3.63) is 34.3 Å². The molecule has 1 unspecified atom stereocenters. The smallest absolute Gasteiger partial charge is 0.212 e. The maximum Gasteiger partial charge on any atom is 0.216 e. The van der Waals surface area contributed by atoms with E-state index in [1.165, 1.54) is 0 Å². The molecule has 5 heteroatoms. The highest BCUT2D eigenvalue weighted by Gasteiger charge is 2.30. The number of benzene rings is 1. The van der Waals surface area contributed by atoms with Crippen molar-refractivity contribution in [1.82, 2.24) is 4.31 Å². The highest BCUT2D eigenvalue weighted by molar-refractivity contribution is 9.10. The van der Waals surface area contributed by atoms with Crippen molar-refractivity contribution < 1.29 is 8.42 Å². The highest BCUT2D eigenvalue weighted by atomic mass is 79.9. The first kappa shape index (κ1) is 16.7. The van der Waals surface area contributed by atoms with E-state index in [1.54, 1.807) is 18.2 Å². The van der Waals surface area contributed by atoms with Gasteiger partial charge in [0.05, 0.1) is 5.25 Å². The lowest BCUT2D eigenvalue weighted by Crippen LogP contribution is -2.38. The van der Waals surface area contributed by atoms with Crippen LogP contribution in [0.4, 0.5) is 0 Å². The molecule has 1 aromatic rings. The second-order valence-corrected chi connectivity index (χ2v) is 8.20. The Morgan fingerprint density at radius 1 is 1.21 bits per heavy atom. The lowest BCUT2D eigenvalue weighted by atomic mass is 10.1. The van der Waals surface area contributed by atoms with Crippen LogP contribution in [0.1, 0.15) is 45.7 Å². The van der Waals surface area contributed by atoms with Gasteiger partial charge in [-0.3, -0.25) is 0 Å². The minimum Gasteiger partial charge on any atom is -0.212 e. The first-order valence-corrected chi connectivity index (χ1v) is 8.87. The lowest BCUT2D eigenvalue weighted by molar-refractivity contribution is 0.338. The summed E-state index contributed by atoms with van der Waals surface area (Å²) in [6.45, 7) is 7.93. The van der Waals surface area contributed by atoms with E-state index in [2.05, 4.69) is 15.9 Å². The number of hydrogen-bond acceptors (Lipinski definition) is 2. The van der Waals surface area contributed by atoms with Gasteiger partial charge >= 0.3 is 0 Å². The molecule has 1 aromatic carbocycles. The predicted molar refractivity (Wildman–Crippen MR) is 83.6 cm³/mol. The summed E-state index contributed by atoms with van der Waals surface area (Å²) in [6, 6.07) is 7.61. The van der Waals surface area contributed by atoms with Crippen LogP contribution in [-0.2, 0) is 10.0 Å². The normalized spacial score (nSPS) is 14.1. The molecule has 0 saturated heterocycles. The fourth-order valence-electron chi connectivity index (χ4n) is 2.00. The van der Waals surface area contributed by atoms with Gasteiger partial charge in [0.15, 0.2) is 0 Å². The van der Waals surface area contributed by atoms with Gasteiger partial charge in [-0.1, -0.05) is 41.1 Å². The molecular formula is C14H22BrNO2S. The maximum absolute atomic E-state index is 12.5. The van der Waals surface area contributed by atoms with Crippen LogP contribution in [0.2, 0.25) is 0 Å². The van der Waals surface area contributed by atoms with Gasteiger partial charge in [-0.2, -0.15) is 4.31 Å². The van der Waals surface area contributed by atoms with Crippen LogP contribution in [0, 0.1) is 0 Å². The van der Waals surface area contributed by atoms with Crippen LogP contribution < -0.4 is 0 Å². The molecule has 0 heterocycles. The minimum absolute atomic E-state index is 0.164. The fourth-order valence-corrected chi connectivity index (χ4v) is 4.15. The molecule has 108 valence electrons. The largest absolute Gasteiger partial charge is 0.216 e. The Hall–Kier alpha value is -0.390. The van der Waals surface area contributed by atoms with E-state index in [-0.39, 0.29) is 6.04 Å². The van der Waals surface area contributed by atoms with Gasteiger partial charge in [0.25, 0.3) is 0 Å². The Bertz CT molecular complexity index is 514. The zero-order chi connectivity index (χ0) is 14.6. The van der Waals surface area contributed by atoms with E-state index in [4.69, 9.17) is 0 Å². The summed E-state index contributed by atoms with van der Waals surface area (Å²) in [5.74, 6) is 0. The quantitative estimate of drug-likeness (QED) is 0.780. The predicted octanol–water partition coefficient (Wildman–Crippen LogP) is 3.96. The topological polar surface area (TPSA) is 37.4 Å². The van der Waals surface area contributed by atoms with E-state index in [0.717, 1.165) is 16.5 Å². The van der Waals surface area contributed by atoms with E-state index in [0.29, 0.717) is 6.54 Å². The second kappa shape index (κ2) is 6.86. The van der Waals surface area contributed by atoms with Gasteiger partial charge in [-0.05, 0) is 38.8 Å². The lowest BCUT2D eigenvalue weighted by Gasteiger charge is -2.30. The fraction of sp³-hybridized carbons (Fsp3) is 0.571. The molecule has 0 radical (unpaired) electrons. The van der Waals surface area contributed by atoms with Gasteiger partial charge in [-0.15, -0.1) is 0 Å². The molecule has 0 amide bonds. The summed E-state index contributed by atoms with van der Waals surface area (Å²) >= 11 is 3.50. The van der Waals surface area contributed by atoms with Crippen molar-refractivity contribution in [3.8, 4) is 0 Å². The van der Waals surface area contributed by atoms with E-state index >= 15 is 0 Å². The molecule has 0 N–H and O–H groups in total. The van der Waals surface area contributed by atoms with Crippen LogP contribution in [-0.4, -0.2) is 24.5 Å². The van der Waals surface area contributed by atoms with Crippen molar-refractivity contribution in [3.63, 3.8) is 0 Å². The van der Waals surface area contributed by atoms with Gasteiger partial charge in [0.1, 0.15) is 0 Å². The van der Waals surface area contributed by atoms with E-state index in [9.17, 15) is 8.42 Å². The molecule has 0 aromatic heterocycles. The number of rotatable bonds is 6. The van der Waals surface area contributed by atoms with Crippen molar-refractivity contribution >= 4 is 26.0 Å². The minimum atomic E-state index is -3.25. The molecule has 0 aliphatic heterocycles. The second-order valence-electron chi connectivity index (χ2n) is 4.90. The zero-order valence-corrected chi connectivity index (χ0v) is 14.3. The molecule has 0 fully saturated rings. The van der Waals surface area contributed by atoms with E-state index in [1.807, 2.05) is 38.1 Å². The van der Waals surface area contributed by atoms with Crippen LogP contribution >= 0.6 is 15.9 Å². The highest BCUT2D eigenvalue weighted by Crippen LogP contribution is 2.30. The Kier molecular flexibility index (Phi) is 6.02. The molecule has 1 rings (SSSR count). The number of hydrogen-bond donors (Lipinski definition) is 0. The molecule has 0 aliphatic rings. The number of nitrogens with zero attached hydrogens (tertiary/aromatic N) is 1. The third-order valence-electron chi connectivity index (χ3n) is 3.15. The summed E-state index contributed by atoms with van der Waals surface area (Å²) in [6.07, 6.45) is 0.806. The van der Waals surface area contributed by atoms with Crippen LogP contribution in [0.5, 0.6) is 0 Å². The maximum atomic E-state index is 12.5. The Morgan fingerprint density at radius 3 is 2.26 bits per heavy atom. The molecule has 19 heavy (non-hydrogen) atoms. The first-order valence-electron chi connectivity index (χ1n) is 6.57. The summed E-state index contributed by atoms with van der Waals surface area (Å²) < 4.78 is 27.5. The average molecular weight is 348 g/mol. The van der Waals surface area contributed by atoms with Gasteiger partial charge in [-0.25, -0.2) is 8.42 Å². The molecule has 0 bridgehead atoms. The van der Waals surface area contributed by atoms with Crippen LogP contribution in [0.15, 0.2) is 28.7 Å². The monoisotopic (exact) mass is 347 g/mol. The Labute approximate surface area is 125 Å². The van der Waals surface area contributed by atoms with Crippen LogP contribution in [0.25, 0.3) is 0 Å². The molecule has 0 aliphatic carbocycles. The van der Waals surface area contributed by atoms with Crippen molar-refractivity contribution in [1.29, 1.82) is 0 Å². The SMILES string of the molecule is CCCN(C(C)c1ccccc1Br)S(=O)(=O)C(C)C. The summed E-state index contributed by atoms with van der Waals surface area (Å²) in [4.78, 5) is 0. The number of sulfonamides is 1. The standard InChI is InChI=1S/C14H22BrNO2S/c1-5-10-16(19(17,18)11(2)3)12(4)13-8-6-7-9-14(13)15/h6-9,11-12H,5,10H2,1-4H3. The molecule has 0 spiro atoms. The average Bonchev–Trinajstić information content (AvgIpc) is 2.35. The van der Waals surface area contributed by atoms with Crippen molar-refractivity contribution in [2.75, 3.05) is 6.54 Å². The summed E-state index contributed by atoms with van der Waals surface area (Å²) in [5.41, 5.74) is 1.00. The summed E-state index contributed by atoms with van der Waals surface area (Å²) in [7, 11) is -3.25. The first-order chi connectivity index (χ1) is 8.82.